The summed E-state index contributed by atoms with van der Waals surface area (Å²) in [5.74, 6) is 1.29. The van der Waals surface area contributed by atoms with Gasteiger partial charge < -0.3 is 34.9 Å². The Morgan fingerprint density at radius 1 is 1.05 bits per heavy atom. The molecule has 2 aliphatic rings. The van der Waals surface area contributed by atoms with Gasteiger partial charge in [0.05, 0.1) is 39.2 Å². The van der Waals surface area contributed by atoms with Gasteiger partial charge in [0, 0.05) is 38.6 Å². The lowest BCUT2D eigenvalue weighted by Gasteiger charge is -2.19. The number of nitrogens with one attached hydrogen (secondary N) is 3. The van der Waals surface area contributed by atoms with Crippen molar-refractivity contribution in [3.8, 4) is 28.4 Å². The molecule has 2 aromatic carbocycles. The average molecular weight is 554 g/mol. The van der Waals surface area contributed by atoms with Crippen LogP contribution in [0, 0.1) is 0 Å². The molecule has 10 nitrogen and oxygen atoms in total. The molecular weight excluding hydrogens is 514 g/mol. The number of carbonyl (C=O) groups is 2. The van der Waals surface area contributed by atoms with Crippen molar-refractivity contribution in [2.45, 2.75) is 57.6 Å². The molecule has 2 atom stereocenters. The van der Waals surface area contributed by atoms with Gasteiger partial charge in [0.1, 0.15) is 0 Å². The lowest BCUT2D eigenvalue weighted by atomic mass is 9.95. The quantitative estimate of drug-likeness (QED) is 0.362. The van der Waals surface area contributed by atoms with E-state index < -0.39 is 0 Å². The van der Waals surface area contributed by atoms with Crippen molar-refractivity contribution in [2.24, 2.45) is 0 Å². The van der Waals surface area contributed by atoms with Gasteiger partial charge in [0.25, 0.3) is 0 Å². The third kappa shape index (κ3) is 6.67. The molecule has 1 heterocycles. The van der Waals surface area contributed by atoms with E-state index in [1.165, 1.54) is 6.92 Å². The summed E-state index contributed by atoms with van der Waals surface area (Å²) in [7, 11) is 4.69. The number of carbonyl (C=O) groups excluding carboxylic acids is 2. The Balaban J connectivity index is 1.60. The predicted molar refractivity (Wildman–Crippen MR) is 152 cm³/mol. The number of aryl methyl sites for hydroxylation is 1. The van der Waals surface area contributed by atoms with Gasteiger partial charge in [-0.3, -0.25) is 14.4 Å². The minimum Gasteiger partial charge on any atom is -0.493 e. The standard InChI is InChI=1S/C30H39N3O7/c1-18(34)33-23-11-9-19-15-26(37-2)29(38-3)30(39-4)28(19)21-10-12-24(25(35)16-22(21)23)31-13-5-8-27(36)32-17-20-7-6-14-40-20/h10,12,15-16,20,23H,5-9,11,13-14,17H2,1-4H3,(H,31,35)(H,32,36)(H,33,34)/t20?,23-/m0/s1. The first-order valence-corrected chi connectivity index (χ1v) is 13.8. The van der Waals surface area contributed by atoms with Crippen LogP contribution in [0.15, 0.2) is 29.1 Å². The van der Waals surface area contributed by atoms with E-state index in [1.807, 2.05) is 12.1 Å². The van der Waals surface area contributed by atoms with Gasteiger partial charge in [-0.05, 0) is 67.0 Å². The maximum Gasteiger partial charge on any atom is 0.220 e. The second-order valence-electron chi connectivity index (χ2n) is 10.1. The van der Waals surface area contributed by atoms with Crippen LogP contribution in [0.3, 0.4) is 0 Å². The van der Waals surface area contributed by atoms with Crippen molar-refractivity contribution in [3.05, 3.63) is 45.6 Å². The highest BCUT2D eigenvalue weighted by atomic mass is 16.5. The molecule has 2 amide bonds. The zero-order chi connectivity index (χ0) is 28.6. The third-order valence-electron chi connectivity index (χ3n) is 7.36. The van der Waals surface area contributed by atoms with Gasteiger partial charge in [-0.1, -0.05) is 6.07 Å². The minimum absolute atomic E-state index is 0.0313. The lowest BCUT2D eigenvalue weighted by molar-refractivity contribution is -0.121. The van der Waals surface area contributed by atoms with E-state index in [0.29, 0.717) is 67.3 Å². The van der Waals surface area contributed by atoms with Crippen LogP contribution in [0.25, 0.3) is 11.1 Å². The van der Waals surface area contributed by atoms with Crippen LogP contribution < -0.4 is 35.6 Å². The van der Waals surface area contributed by atoms with Crippen molar-refractivity contribution in [1.29, 1.82) is 0 Å². The van der Waals surface area contributed by atoms with E-state index in [2.05, 4.69) is 16.0 Å². The minimum atomic E-state index is -0.373. The maximum absolute atomic E-state index is 13.4. The van der Waals surface area contributed by atoms with E-state index in [-0.39, 0.29) is 29.4 Å². The fraction of sp³-hybridized carbons (Fsp3) is 0.500. The summed E-state index contributed by atoms with van der Waals surface area (Å²) in [5, 5.41) is 9.12. The van der Waals surface area contributed by atoms with E-state index in [1.54, 1.807) is 33.5 Å². The molecule has 2 aromatic rings. The summed E-state index contributed by atoms with van der Waals surface area (Å²) in [6, 6.07) is 6.75. The van der Waals surface area contributed by atoms with Crippen LogP contribution >= 0.6 is 0 Å². The summed E-state index contributed by atoms with van der Waals surface area (Å²) in [4.78, 5) is 37.7. The Hall–Kier alpha value is -3.79. The molecule has 0 saturated carbocycles. The first kappa shape index (κ1) is 29.2. The van der Waals surface area contributed by atoms with Gasteiger partial charge in [-0.15, -0.1) is 0 Å². The number of hydrogen-bond donors (Lipinski definition) is 3. The van der Waals surface area contributed by atoms with Crippen molar-refractivity contribution in [1.82, 2.24) is 10.6 Å². The number of ether oxygens (including phenoxy) is 4. The second-order valence-corrected chi connectivity index (χ2v) is 10.1. The molecule has 0 radical (unpaired) electrons. The first-order chi connectivity index (χ1) is 19.4. The highest BCUT2D eigenvalue weighted by molar-refractivity contribution is 5.83. The molecule has 216 valence electrons. The second kappa shape index (κ2) is 13.5. The summed E-state index contributed by atoms with van der Waals surface area (Å²) < 4.78 is 22.6. The molecule has 4 rings (SSSR count). The third-order valence-corrected chi connectivity index (χ3v) is 7.36. The molecule has 1 aliphatic carbocycles. The fourth-order valence-electron chi connectivity index (χ4n) is 5.45. The summed E-state index contributed by atoms with van der Waals surface area (Å²) in [5.41, 5.74) is 3.43. The van der Waals surface area contributed by atoms with E-state index in [4.69, 9.17) is 18.9 Å². The van der Waals surface area contributed by atoms with Gasteiger partial charge >= 0.3 is 0 Å². The number of benzene rings is 1. The van der Waals surface area contributed by atoms with Crippen LogP contribution in [0.5, 0.6) is 17.2 Å². The van der Waals surface area contributed by atoms with Crippen LogP contribution in [-0.2, 0) is 20.7 Å². The van der Waals surface area contributed by atoms with Crippen LogP contribution in [0.1, 0.15) is 56.2 Å². The molecule has 10 heteroatoms. The highest BCUT2D eigenvalue weighted by Gasteiger charge is 2.29. The van der Waals surface area contributed by atoms with Crippen molar-refractivity contribution in [3.63, 3.8) is 0 Å². The van der Waals surface area contributed by atoms with Gasteiger partial charge in [0.15, 0.2) is 11.5 Å². The number of rotatable bonds is 11. The number of methoxy groups -OCH3 is 3. The number of fused-ring (bicyclic) bond motifs is 3. The zero-order valence-corrected chi connectivity index (χ0v) is 23.7. The molecule has 1 aliphatic heterocycles. The number of anilines is 1. The topological polar surface area (TPSA) is 124 Å². The monoisotopic (exact) mass is 553 g/mol. The highest BCUT2D eigenvalue weighted by Crippen LogP contribution is 2.50. The summed E-state index contributed by atoms with van der Waals surface area (Å²) in [6.45, 7) is 3.21. The Morgan fingerprint density at radius 3 is 2.52 bits per heavy atom. The van der Waals surface area contributed by atoms with E-state index in [0.717, 1.165) is 36.1 Å². The Labute approximate surface area is 234 Å². The molecule has 3 N–H and O–H groups in total. The van der Waals surface area contributed by atoms with Crippen molar-refractivity contribution >= 4 is 17.5 Å². The molecule has 1 fully saturated rings. The van der Waals surface area contributed by atoms with Gasteiger partial charge in [0.2, 0.25) is 23.0 Å². The van der Waals surface area contributed by atoms with E-state index in [9.17, 15) is 14.4 Å². The summed E-state index contributed by atoms with van der Waals surface area (Å²) >= 11 is 0. The van der Waals surface area contributed by atoms with Gasteiger partial charge in [-0.25, -0.2) is 0 Å². The largest absolute Gasteiger partial charge is 0.493 e. The smallest absolute Gasteiger partial charge is 0.220 e. The Bertz CT molecular complexity index is 1290. The average Bonchev–Trinajstić information content (AvgIpc) is 3.36. The molecule has 1 unspecified atom stereocenters. The number of amides is 2. The lowest BCUT2D eigenvalue weighted by Crippen LogP contribution is -2.31. The van der Waals surface area contributed by atoms with Gasteiger partial charge in [-0.2, -0.15) is 0 Å². The molecule has 0 bridgehead atoms. The van der Waals surface area contributed by atoms with Crippen LogP contribution in [-0.4, -0.2) is 58.9 Å². The molecule has 0 aromatic heterocycles. The normalized spacial score (nSPS) is 17.6. The van der Waals surface area contributed by atoms with Crippen molar-refractivity contribution in [2.75, 3.05) is 46.3 Å². The maximum atomic E-state index is 13.4. The Morgan fingerprint density at radius 2 is 1.85 bits per heavy atom. The SMILES string of the molecule is COc1cc2c(c(OC)c1OC)-c1ccc(NCCCC(=O)NCC3CCCO3)c(=O)cc1[C@@H](NC(C)=O)CC2. The van der Waals surface area contributed by atoms with Crippen LogP contribution in [0.2, 0.25) is 0 Å². The molecule has 40 heavy (non-hydrogen) atoms. The van der Waals surface area contributed by atoms with Crippen LogP contribution in [0.4, 0.5) is 5.69 Å². The zero-order valence-electron chi connectivity index (χ0n) is 23.7. The first-order valence-electron chi connectivity index (χ1n) is 13.8. The number of hydrogen-bond acceptors (Lipinski definition) is 8. The van der Waals surface area contributed by atoms with Crippen molar-refractivity contribution < 1.29 is 28.5 Å². The predicted octanol–water partition coefficient (Wildman–Crippen LogP) is 3.35. The molecule has 0 spiro atoms. The molecule has 1 saturated heterocycles. The summed E-state index contributed by atoms with van der Waals surface area (Å²) in [6.07, 6.45) is 4.25. The Kier molecular flexibility index (Phi) is 9.87. The fourth-order valence-corrected chi connectivity index (χ4v) is 5.45. The molecular formula is C30H39N3O7. The van der Waals surface area contributed by atoms with E-state index >= 15 is 0 Å².